The zero-order chi connectivity index (χ0) is 16.0. The van der Waals surface area contributed by atoms with E-state index in [0.29, 0.717) is 12.1 Å². The number of imidazole rings is 1. The van der Waals surface area contributed by atoms with Gasteiger partial charge in [-0.3, -0.25) is 9.36 Å². The molecule has 2 atom stereocenters. The van der Waals surface area contributed by atoms with Crippen LogP contribution in [0.5, 0.6) is 0 Å². The lowest BCUT2D eigenvalue weighted by molar-refractivity contribution is -0.133. The quantitative estimate of drug-likeness (QED) is 0.890. The van der Waals surface area contributed by atoms with Crippen LogP contribution in [-0.2, 0) is 11.3 Å². The van der Waals surface area contributed by atoms with E-state index in [-0.39, 0.29) is 24.2 Å². The molecule has 23 heavy (non-hydrogen) atoms. The number of fused-ring (bicyclic) bond motifs is 3. The Labute approximate surface area is 134 Å². The summed E-state index contributed by atoms with van der Waals surface area (Å²) in [6.45, 7) is 0.0958. The van der Waals surface area contributed by atoms with E-state index in [0.717, 1.165) is 23.9 Å². The summed E-state index contributed by atoms with van der Waals surface area (Å²) in [5.41, 5.74) is 1.33. The average molecular weight is 314 g/mol. The number of likely N-dealkylation sites (N-methyl/N-ethyl adjacent to an activating group) is 1. The molecule has 3 heterocycles. The van der Waals surface area contributed by atoms with Gasteiger partial charge in [-0.05, 0) is 37.8 Å². The molecule has 0 saturated carbocycles. The van der Waals surface area contributed by atoms with Crippen LogP contribution in [0.3, 0.4) is 0 Å². The molecule has 2 aromatic rings. The van der Waals surface area contributed by atoms with Crippen molar-refractivity contribution < 1.29 is 4.79 Å². The number of aromatic nitrogens is 2. The van der Waals surface area contributed by atoms with Gasteiger partial charge in [0.05, 0.1) is 11.0 Å². The minimum atomic E-state index is -0.224. The third-order valence-corrected chi connectivity index (χ3v) is 5.36. The van der Waals surface area contributed by atoms with Gasteiger partial charge in [-0.25, -0.2) is 4.79 Å². The van der Waals surface area contributed by atoms with Gasteiger partial charge in [0.25, 0.3) is 0 Å². The lowest BCUT2D eigenvalue weighted by Gasteiger charge is -2.35. The normalized spacial score (nSPS) is 26.6. The van der Waals surface area contributed by atoms with Crippen LogP contribution >= 0.6 is 0 Å². The van der Waals surface area contributed by atoms with E-state index in [1.807, 2.05) is 36.2 Å². The second-order valence-electron chi connectivity index (χ2n) is 6.80. The van der Waals surface area contributed by atoms with Crippen LogP contribution in [0.2, 0.25) is 0 Å². The maximum absolute atomic E-state index is 12.7. The SMILES string of the molecule is CN(C(=O)Cn1c(=O)[nH]c2ccccc21)C1CC2CCC(C1)N2. The van der Waals surface area contributed by atoms with E-state index in [4.69, 9.17) is 0 Å². The van der Waals surface area contributed by atoms with Crippen molar-refractivity contribution in [2.75, 3.05) is 7.05 Å². The number of carbonyl (C=O) groups excluding carboxylic acids is 1. The largest absolute Gasteiger partial charge is 0.341 e. The minimum absolute atomic E-state index is 0.00292. The maximum atomic E-state index is 12.7. The fraction of sp³-hybridized carbons (Fsp3) is 0.529. The molecule has 4 rings (SSSR count). The summed E-state index contributed by atoms with van der Waals surface area (Å²) in [6.07, 6.45) is 4.46. The molecule has 2 N–H and O–H groups in total. The van der Waals surface area contributed by atoms with Crippen LogP contribution in [-0.4, -0.2) is 45.5 Å². The number of nitrogens with one attached hydrogen (secondary N) is 2. The third kappa shape index (κ3) is 2.57. The Morgan fingerprint density at radius 1 is 1.26 bits per heavy atom. The van der Waals surface area contributed by atoms with E-state index >= 15 is 0 Å². The predicted octanol–water partition coefficient (Wildman–Crippen LogP) is 1.07. The van der Waals surface area contributed by atoms with Gasteiger partial charge in [0.1, 0.15) is 6.54 Å². The summed E-state index contributed by atoms with van der Waals surface area (Å²) < 4.78 is 1.53. The number of piperidine rings is 1. The highest BCUT2D eigenvalue weighted by Crippen LogP contribution is 2.29. The number of carbonyl (C=O) groups is 1. The lowest BCUT2D eigenvalue weighted by atomic mass is 9.98. The molecule has 2 fully saturated rings. The first-order chi connectivity index (χ1) is 11.1. The van der Waals surface area contributed by atoms with Crippen molar-refractivity contribution in [3.63, 3.8) is 0 Å². The van der Waals surface area contributed by atoms with E-state index in [9.17, 15) is 9.59 Å². The Morgan fingerprint density at radius 3 is 2.70 bits per heavy atom. The number of hydrogen-bond donors (Lipinski definition) is 2. The number of benzene rings is 1. The summed E-state index contributed by atoms with van der Waals surface area (Å²) in [5.74, 6) is 0.00292. The van der Waals surface area contributed by atoms with E-state index in [1.54, 1.807) is 0 Å². The Balaban J connectivity index is 1.52. The zero-order valence-corrected chi connectivity index (χ0v) is 13.3. The molecule has 122 valence electrons. The second-order valence-corrected chi connectivity index (χ2v) is 6.80. The first-order valence-electron chi connectivity index (χ1n) is 8.31. The van der Waals surface area contributed by atoms with Gasteiger partial charge in [-0.2, -0.15) is 0 Å². The van der Waals surface area contributed by atoms with Crippen molar-refractivity contribution in [1.29, 1.82) is 0 Å². The second kappa shape index (κ2) is 5.53. The first-order valence-corrected chi connectivity index (χ1v) is 8.31. The van der Waals surface area contributed by atoms with Crippen LogP contribution in [0.15, 0.2) is 29.1 Å². The van der Waals surface area contributed by atoms with Crippen LogP contribution < -0.4 is 11.0 Å². The van der Waals surface area contributed by atoms with E-state index in [2.05, 4.69) is 10.3 Å². The molecular formula is C17H22N4O2. The van der Waals surface area contributed by atoms with Gasteiger partial charge in [-0.15, -0.1) is 0 Å². The smallest absolute Gasteiger partial charge is 0.326 e. The summed E-state index contributed by atoms with van der Waals surface area (Å²) in [4.78, 5) is 29.4. The van der Waals surface area contributed by atoms with Crippen molar-refractivity contribution in [3.05, 3.63) is 34.7 Å². The van der Waals surface area contributed by atoms with Gasteiger partial charge in [-0.1, -0.05) is 12.1 Å². The number of amides is 1. The highest BCUT2D eigenvalue weighted by molar-refractivity contribution is 5.80. The van der Waals surface area contributed by atoms with Gasteiger partial charge in [0, 0.05) is 25.2 Å². The van der Waals surface area contributed by atoms with Gasteiger partial charge in [0.2, 0.25) is 5.91 Å². The number of H-pyrrole nitrogens is 1. The highest BCUT2D eigenvalue weighted by Gasteiger charge is 2.36. The van der Waals surface area contributed by atoms with Crippen molar-refractivity contribution in [2.45, 2.75) is 50.4 Å². The predicted molar refractivity (Wildman–Crippen MR) is 88.3 cm³/mol. The molecule has 2 unspecified atom stereocenters. The zero-order valence-electron chi connectivity index (χ0n) is 13.3. The van der Waals surface area contributed by atoms with Crippen LogP contribution in [0, 0.1) is 0 Å². The number of para-hydroxylation sites is 2. The molecule has 0 radical (unpaired) electrons. The fourth-order valence-electron chi connectivity index (χ4n) is 4.06. The fourth-order valence-corrected chi connectivity index (χ4v) is 4.06. The molecule has 0 spiro atoms. The molecule has 2 saturated heterocycles. The van der Waals surface area contributed by atoms with Crippen molar-refractivity contribution in [3.8, 4) is 0 Å². The van der Waals surface area contributed by atoms with Crippen molar-refractivity contribution >= 4 is 16.9 Å². The van der Waals surface area contributed by atoms with Crippen molar-refractivity contribution in [2.24, 2.45) is 0 Å². The van der Waals surface area contributed by atoms with Crippen LogP contribution in [0.25, 0.3) is 11.0 Å². The lowest BCUT2D eigenvalue weighted by Crippen LogP contribution is -2.49. The molecule has 1 aromatic carbocycles. The average Bonchev–Trinajstić information content (AvgIpc) is 3.05. The Kier molecular flexibility index (Phi) is 3.49. The summed E-state index contributed by atoms with van der Waals surface area (Å²) in [6, 6.07) is 8.85. The number of hydrogen-bond acceptors (Lipinski definition) is 3. The van der Waals surface area contributed by atoms with Gasteiger partial charge < -0.3 is 15.2 Å². The monoisotopic (exact) mass is 314 g/mol. The summed E-state index contributed by atoms with van der Waals surface area (Å²) >= 11 is 0. The maximum Gasteiger partial charge on any atom is 0.326 e. The van der Waals surface area contributed by atoms with Gasteiger partial charge in [0.15, 0.2) is 0 Å². The van der Waals surface area contributed by atoms with E-state index in [1.165, 1.54) is 17.4 Å². The molecule has 6 nitrogen and oxygen atoms in total. The molecule has 2 aliphatic rings. The van der Waals surface area contributed by atoms with Crippen LogP contribution in [0.1, 0.15) is 25.7 Å². The topological polar surface area (TPSA) is 70.1 Å². The highest BCUT2D eigenvalue weighted by atomic mass is 16.2. The van der Waals surface area contributed by atoms with E-state index < -0.39 is 0 Å². The molecule has 6 heteroatoms. The van der Waals surface area contributed by atoms with Gasteiger partial charge >= 0.3 is 5.69 Å². The molecule has 1 amide bonds. The Morgan fingerprint density at radius 2 is 1.96 bits per heavy atom. The molecule has 2 bridgehead atoms. The summed E-state index contributed by atoms with van der Waals surface area (Å²) in [7, 11) is 1.87. The van der Waals surface area contributed by atoms with Crippen LogP contribution in [0.4, 0.5) is 0 Å². The third-order valence-electron chi connectivity index (χ3n) is 5.36. The Hall–Kier alpha value is -2.08. The number of rotatable bonds is 3. The standard InChI is InChI=1S/C17H22N4O2/c1-20(13-8-11-6-7-12(9-13)18-11)16(22)10-21-15-5-3-2-4-14(15)19-17(21)23/h2-5,11-13,18H,6-10H2,1H3,(H,19,23). The molecule has 1 aromatic heterocycles. The Bertz CT molecular complexity index is 781. The molecule has 0 aliphatic carbocycles. The minimum Gasteiger partial charge on any atom is -0.341 e. The number of nitrogens with zero attached hydrogens (tertiary/aromatic N) is 2. The molecular weight excluding hydrogens is 292 g/mol. The number of aromatic amines is 1. The summed E-state index contributed by atoms with van der Waals surface area (Å²) in [5, 5.41) is 3.59. The first kappa shape index (κ1) is 14.5. The van der Waals surface area contributed by atoms with Crippen molar-refractivity contribution in [1.82, 2.24) is 19.8 Å². The molecule has 2 aliphatic heterocycles.